The fourth-order valence-electron chi connectivity index (χ4n) is 4.92. The van der Waals surface area contributed by atoms with Crippen molar-refractivity contribution in [3.05, 3.63) is 45.6 Å². The van der Waals surface area contributed by atoms with Crippen LogP contribution in [0.5, 0.6) is 0 Å². The number of thioether (sulfide) groups is 1. The van der Waals surface area contributed by atoms with Gasteiger partial charge in [0.1, 0.15) is 11.0 Å². The molecule has 1 atom stereocenters. The van der Waals surface area contributed by atoms with E-state index in [0.717, 1.165) is 5.69 Å². The molecule has 0 spiro atoms. The molecule has 0 aliphatic carbocycles. The molecule has 2 fully saturated rings. The highest BCUT2D eigenvalue weighted by atomic mass is 35.5. The lowest BCUT2D eigenvalue weighted by Gasteiger charge is -2.41. The van der Waals surface area contributed by atoms with E-state index in [2.05, 4.69) is 40.5 Å². The third-order valence-electron chi connectivity index (χ3n) is 7.00. The van der Waals surface area contributed by atoms with E-state index in [1.165, 1.54) is 23.9 Å². The first-order valence-electron chi connectivity index (χ1n) is 13.4. The quantitative estimate of drug-likeness (QED) is 0.156. The highest BCUT2D eigenvalue weighted by Gasteiger charge is 2.30. The molecule has 0 N–H and O–H groups in total. The molecule has 13 heteroatoms. The average molecular weight is 590 g/mol. The van der Waals surface area contributed by atoms with E-state index in [9.17, 15) is 19.7 Å². The minimum atomic E-state index is -0.414. The minimum absolute atomic E-state index is 0.00178. The number of halogens is 1. The second kappa shape index (κ2) is 12.6. The maximum Gasteiger partial charge on any atom is 0.269 e. The largest absolute Gasteiger partial charge is 0.368 e. The van der Waals surface area contributed by atoms with Crippen molar-refractivity contribution in [2.24, 2.45) is 5.41 Å². The van der Waals surface area contributed by atoms with Crippen LogP contribution in [0.3, 0.4) is 0 Å². The Morgan fingerprint density at radius 2 is 1.68 bits per heavy atom. The first-order chi connectivity index (χ1) is 18.9. The number of non-ortho nitro benzene ring substituents is 1. The molecule has 1 aromatic carbocycles. The van der Waals surface area contributed by atoms with Crippen LogP contribution >= 0.6 is 23.4 Å². The topological polar surface area (TPSA) is 116 Å². The van der Waals surface area contributed by atoms with E-state index in [4.69, 9.17) is 11.6 Å². The normalized spacial score (nSPS) is 18.2. The summed E-state index contributed by atoms with van der Waals surface area (Å²) in [6, 6.07) is 8.24. The number of anilines is 2. The second-order valence-corrected chi connectivity index (χ2v) is 12.7. The van der Waals surface area contributed by atoms with E-state index >= 15 is 0 Å². The van der Waals surface area contributed by atoms with Crippen LogP contribution in [0.25, 0.3) is 0 Å². The van der Waals surface area contributed by atoms with Crippen LogP contribution in [-0.4, -0.2) is 94.1 Å². The van der Waals surface area contributed by atoms with Crippen LogP contribution in [0, 0.1) is 15.5 Å². The summed E-state index contributed by atoms with van der Waals surface area (Å²) < 4.78 is 0. The summed E-state index contributed by atoms with van der Waals surface area (Å²) in [6.45, 7) is 12.6. The minimum Gasteiger partial charge on any atom is -0.368 e. The molecule has 1 unspecified atom stereocenters. The summed E-state index contributed by atoms with van der Waals surface area (Å²) >= 11 is 7.59. The zero-order chi connectivity index (χ0) is 29.0. The summed E-state index contributed by atoms with van der Waals surface area (Å²) in [6.07, 6.45) is 0.511. The van der Waals surface area contributed by atoms with Crippen molar-refractivity contribution in [1.82, 2.24) is 19.8 Å². The number of nitrogens with zero attached hydrogens (tertiary/aromatic N) is 7. The Kier molecular flexibility index (Phi) is 9.40. The predicted molar refractivity (Wildman–Crippen MR) is 157 cm³/mol. The van der Waals surface area contributed by atoms with Gasteiger partial charge in [0.25, 0.3) is 5.69 Å². The number of piperazine rings is 2. The molecule has 1 aromatic heterocycles. The Morgan fingerprint density at radius 1 is 1.02 bits per heavy atom. The second-order valence-electron chi connectivity index (χ2n) is 11.4. The standard InChI is InChI=1S/C27H36ClN7O4S/c1-19-17-33(13-14-34(19)24(36)16-27(2,3)4)23-15-22(28)29-26(30-23)40-18-25(37)32-11-9-31(10-12-32)20-5-7-21(8-6-20)35(38)39/h5-8,15,19H,9-14,16-18H2,1-4H3. The lowest BCUT2D eigenvalue weighted by molar-refractivity contribution is -0.384. The van der Waals surface area contributed by atoms with Crippen LogP contribution in [0.1, 0.15) is 34.1 Å². The van der Waals surface area contributed by atoms with E-state index < -0.39 is 4.92 Å². The van der Waals surface area contributed by atoms with Crippen LogP contribution in [-0.2, 0) is 9.59 Å². The van der Waals surface area contributed by atoms with Crippen molar-refractivity contribution in [2.45, 2.75) is 45.3 Å². The van der Waals surface area contributed by atoms with E-state index in [1.54, 1.807) is 18.2 Å². The third-order valence-corrected chi connectivity index (χ3v) is 8.02. The molecule has 2 saturated heterocycles. The third kappa shape index (κ3) is 7.75. The average Bonchev–Trinajstić information content (AvgIpc) is 2.90. The highest BCUT2D eigenvalue weighted by Crippen LogP contribution is 2.27. The number of nitro benzene ring substituents is 1. The van der Waals surface area contributed by atoms with Gasteiger partial charge in [0, 0.05) is 82.2 Å². The van der Waals surface area contributed by atoms with Gasteiger partial charge in [-0.15, -0.1) is 0 Å². The summed E-state index contributed by atoms with van der Waals surface area (Å²) in [4.78, 5) is 53.2. The van der Waals surface area contributed by atoms with Crippen LogP contribution in [0.15, 0.2) is 35.5 Å². The molecular weight excluding hydrogens is 554 g/mol. The summed E-state index contributed by atoms with van der Waals surface area (Å²) in [5.41, 5.74) is 0.905. The first kappa shape index (κ1) is 29.9. The van der Waals surface area contributed by atoms with Crippen LogP contribution in [0.2, 0.25) is 5.15 Å². The van der Waals surface area contributed by atoms with Crippen LogP contribution in [0.4, 0.5) is 17.2 Å². The van der Waals surface area contributed by atoms with Crippen molar-refractivity contribution < 1.29 is 14.5 Å². The van der Waals surface area contributed by atoms with Gasteiger partial charge in [0.2, 0.25) is 11.8 Å². The number of nitro groups is 1. The van der Waals surface area contributed by atoms with Gasteiger partial charge in [0.15, 0.2) is 5.16 Å². The Balaban J connectivity index is 1.29. The Hall–Kier alpha value is -3.12. The smallest absolute Gasteiger partial charge is 0.269 e. The molecule has 0 bridgehead atoms. The van der Waals surface area contributed by atoms with Gasteiger partial charge in [-0.2, -0.15) is 0 Å². The lowest BCUT2D eigenvalue weighted by Crippen LogP contribution is -2.54. The van der Waals surface area contributed by atoms with Gasteiger partial charge in [0.05, 0.1) is 10.7 Å². The number of carbonyl (C=O) groups excluding carboxylic acids is 2. The lowest BCUT2D eigenvalue weighted by atomic mass is 9.91. The SMILES string of the molecule is CC1CN(c2cc(Cl)nc(SCC(=O)N3CCN(c4ccc([N+](=O)[O-])cc4)CC3)n2)CCN1C(=O)CC(C)(C)C. The Morgan fingerprint density at radius 3 is 2.27 bits per heavy atom. The zero-order valence-corrected chi connectivity index (χ0v) is 25.0. The zero-order valence-electron chi connectivity index (χ0n) is 23.4. The van der Waals surface area contributed by atoms with Gasteiger partial charge >= 0.3 is 0 Å². The van der Waals surface area contributed by atoms with E-state index in [1.807, 2.05) is 16.7 Å². The Labute approximate surface area is 244 Å². The molecule has 2 aromatic rings. The highest BCUT2D eigenvalue weighted by molar-refractivity contribution is 7.99. The van der Waals surface area contributed by atoms with Crippen molar-refractivity contribution in [3.63, 3.8) is 0 Å². The number of benzene rings is 1. The van der Waals surface area contributed by atoms with Crippen molar-refractivity contribution >= 4 is 52.4 Å². The van der Waals surface area contributed by atoms with Gasteiger partial charge in [-0.1, -0.05) is 44.1 Å². The molecular formula is C27H36ClN7O4S. The predicted octanol–water partition coefficient (Wildman–Crippen LogP) is 3.95. The molecule has 0 saturated carbocycles. The fourth-order valence-corrected chi connectivity index (χ4v) is 5.90. The van der Waals surface area contributed by atoms with Crippen LogP contribution < -0.4 is 9.80 Å². The number of hydrogen-bond donors (Lipinski definition) is 0. The molecule has 11 nitrogen and oxygen atoms in total. The molecule has 2 amide bonds. The number of rotatable bonds is 7. The van der Waals surface area contributed by atoms with E-state index in [0.29, 0.717) is 68.4 Å². The molecule has 3 heterocycles. The molecule has 216 valence electrons. The van der Waals surface area contributed by atoms with Crippen molar-refractivity contribution in [3.8, 4) is 0 Å². The maximum atomic E-state index is 12.9. The first-order valence-corrected chi connectivity index (χ1v) is 14.7. The number of carbonyl (C=O) groups is 2. The number of aromatic nitrogens is 2. The van der Waals surface area contributed by atoms with Crippen molar-refractivity contribution in [1.29, 1.82) is 0 Å². The van der Waals surface area contributed by atoms with Gasteiger partial charge in [-0.3, -0.25) is 19.7 Å². The van der Waals surface area contributed by atoms with E-state index in [-0.39, 0.29) is 34.7 Å². The summed E-state index contributed by atoms with van der Waals surface area (Å²) in [5.74, 6) is 1.06. The molecule has 4 rings (SSSR count). The molecule has 2 aliphatic rings. The monoisotopic (exact) mass is 589 g/mol. The molecule has 0 radical (unpaired) electrons. The van der Waals surface area contributed by atoms with Gasteiger partial charge in [-0.25, -0.2) is 9.97 Å². The van der Waals surface area contributed by atoms with Gasteiger partial charge in [-0.05, 0) is 24.5 Å². The molecule has 40 heavy (non-hydrogen) atoms. The van der Waals surface area contributed by atoms with Crippen molar-refractivity contribution in [2.75, 3.05) is 61.4 Å². The molecule has 2 aliphatic heterocycles. The maximum absolute atomic E-state index is 12.9. The van der Waals surface area contributed by atoms with Gasteiger partial charge < -0.3 is 19.6 Å². The summed E-state index contributed by atoms with van der Waals surface area (Å²) in [7, 11) is 0. The number of amides is 2. The summed E-state index contributed by atoms with van der Waals surface area (Å²) in [5, 5.41) is 11.6. The fraction of sp³-hybridized carbons (Fsp3) is 0.556. The number of hydrogen-bond acceptors (Lipinski definition) is 9. The Bertz CT molecular complexity index is 1230.